The van der Waals surface area contributed by atoms with E-state index in [1.165, 1.54) is 17.5 Å². The summed E-state index contributed by atoms with van der Waals surface area (Å²) in [5, 5.41) is 6.47. The van der Waals surface area contributed by atoms with E-state index in [0.717, 1.165) is 25.8 Å². The molecule has 1 aromatic carbocycles. The van der Waals surface area contributed by atoms with Gasteiger partial charge in [-0.2, -0.15) is 0 Å². The van der Waals surface area contributed by atoms with Crippen LogP contribution in [0, 0.1) is 6.92 Å². The Labute approximate surface area is 115 Å². The molecule has 1 aromatic rings. The monoisotopic (exact) mass is 260 g/mol. The summed E-state index contributed by atoms with van der Waals surface area (Å²) in [5.74, 6) is 0.145. The second kappa shape index (κ2) is 6.71. The molecule has 2 rings (SSSR count). The van der Waals surface area contributed by atoms with Crippen molar-refractivity contribution in [2.75, 3.05) is 6.54 Å². The van der Waals surface area contributed by atoms with Gasteiger partial charge in [-0.25, -0.2) is 0 Å². The Hall–Kier alpha value is -1.35. The highest BCUT2D eigenvalue weighted by molar-refractivity contribution is 5.82. The first-order valence-electron chi connectivity index (χ1n) is 7.31. The van der Waals surface area contributed by atoms with Crippen molar-refractivity contribution in [1.82, 2.24) is 10.6 Å². The molecule has 1 aliphatic rings. The summed E-state index contributed by atoms with van der Waals surface area (Å²) >= 11 is 0. The van der Waals surface area contributed by atoms with E-state index < -0.39 is 0 Å². The third kappa shape index (κ3) is 3.80. The molecule has 1 fully saturated rings. The number of piperidine rings is 1. The fourth-order valence-corrected chi connectivity index (χ4v) is 2.57. The third-order valence-electron chi connectivity index (χ3n) is 3.83. The van der Waals surface area contributed by atoms with Crippen LogP contribution in [0.1, 0.15) is 49.8 Å². The molecular formula is C16H24N2O. The molecule has 3 heteroatoms. The first-order chi connectivity index (χ1) is 9.20. The second-order valence-corrected chi connectivity index (χ2v) is 5.38. The maximum Gasteiger partial charge on any atom is 0.237 e. The normalized spacial score (nSPS) is 20.8. The molecule has 2 unspecified atom stereocenters. The standard InChI is InChI=1S/C16H24N2O/c1-3-14(13-9-7-12(2)8-10-13)18-16(19)15-6-4-5-11-17-15/h7-10,14-15,17H,3-6,11H2,1-2H3,(H,18,19). The third-order valence-corrected chi connectivity index (χ3v) is 3.83. The Morgan fingerprint density at radius 2 is 2.11 bits per heavy atom. The predicted octanol–water partition coefficient (Wildman–Crippen LogP) is 2.70. The van der Waals surface area contributed by atoms with Crippen LogP contribution in [0.25, 0.3) is 0 Å². The smallest absolute Gasteiger partial charge is 0.237 e. The van der Waals surface area contributed by atoms with Crippen LogP contribution in [-0.4, -0.2) is 18.5 Å². The summed E-state index contributed by atoms with van der Waals surface area (Å²) in [6.45, 7) is 5.15. The van der Waals surface area contributed by atoms with E-state index in [0.29, 0.717) is 0 Å². The summed E-state index contributed by atoms with van der Waals surface area (Å²) < 4.78 is 0. The highest BCUT2D eigenvalue weighted by Crippen LogP contribution is 2.18. The van der Waals surface area contributed by atoms with Crippen molar-refractivity contribution < 1.29 is 4.79 Å². The largest absolute Gasteiger partial charge is 0.348 e. The van der Waals surface area contributed by atoms with Gasteiger partial charge in [-0.3, -0.25) is 4.79 Å². The van der Waals surface area contributed by atoms with Crippen LogP contribution < -0.4 is 10.6 Å². The van der Waals surface area contributed by atoms with Crippen LogP contribution in [0.5, 0.6) is 0 Å². The van der Waals surface area contributed by atoms with Gasteiger partial charge < -0.3 is 10.6 Å². The zero-order valence-electron chi connectivity index (χ0n) is 11.9. The van der Waals surface area contributed by atoms with E-state index in [1.54, 1.807) is 0 Å². The molecule has 0 bridgehead atoms. The lowest BCUT2D eigenvalue weighted by Crippen LogP contribution is -2.47. The minimum Gasteiger partial charge on any atom is -0.348 e. The van der Waals surface area contributed by atoms with E-state index in [-0.39, 0.29) is 18.0 Å². The molecular weight excluding hydrogens is 236 g/mol. The number of aryl methyl sites for hydroxylation is 1. The van der Waals surface area contributed by atoms with Crippen LogP contribution >= 0.6 is 0 Å². The predicted molar refractivity (Wildman–Crippen MR) is 78.0 cm³/mol. The van der Waals surface area contributed by atoms with Gasteiger partial charge in [-0.1, -0.05) is 43.2 Å². The van der Waals surface area contributed by atoms with E-state index in [9.17, 15) is 4.79 Å². The molecule has 104 valence electrons. The number of rotatable bonds is 4. The maximum atomic E-state index is 12.2. The van der Waals surface area contributed by atoms with Crippen molar-refractivity contribution in [3.63, 3.8) is 0 Å². The van der Waals surface area contributed by atoms with Crippen LogP contribution in [0.2, 0.25) is 0 Å². The number of hydrogen-bond donors (Lipinski definition) is 2. The minimum atomic E-state index is -0.00625. The van der Waals surface area contributed by atoms with Crippen LogP contribution in [-0.2, 0) is 4.79 Å². The number of benzene rings is 1. The van der Waals surface area contributed by atoms with Gasteiger partial charge in [-0.05, 0) is 38.3 Å². The highest BCUT2D eigenvalue weighted by atomic mass is 16.2. The summed E-state index contributed by atoms with van der Waals surface area (Å²) in [7, 11) is 0. The van der Waals surface area contributed by atoms with Gasteiger partial charge >= 0.3 is 0 Å². The second-order valence-electron chi connectivity index (χ2n) is 5.38. The van der Waals surface area contributed by atoms with Gasteiger partial charge in [0.15, 0.2) is 0 Å². The molecule has 1 aliphatic heterocycles. The number of hydrogen-bond acceptors (Lipinski definition) is 2. The Morgan fingerprint density at radius 1 is 1.37 bits per heavy atom. The minimum absolute atomic E-state index is 0.00625. The first-order valence-corrected chi connectivity index (χ1v) is 7.31. The van der Waals surface area contributed by atoms with Gasteiger partial charge in [0, 0.05) is 0 Å². The molecule has 0 spiro atoms. The van der Waals surface area contributed by atoms with Crippen molar-refractivity contribution in [3.05, 3.63) is 35.4 Å². The first kappa shape index (κ1) is 14.1. The van der Waals surface area contributed by atoms with Crippen LogP contribution in [0.15, 0.2) is 24.3 Å². The van der Waals surface area contributed by atoms with Gasteiger partial charge in [0.25, 0.3) is 0 Å². The van der Waals surface area contributed by atoms with E-state index >= 15 is 0 Å². The summed E-state index contributed by atoms with van der Waals surface area (Å²) in [4.78, 5) is 12.2. The lowest BCUT2D eigenvalue weighted by Gasteiger charge is -2.25. The Balaban J connectivity index is 1.98. The molecule has 0 radical (unpaired) electrons. The summed E-state index contributed by atoms with van der Waals surface area (Å²) in [6, 6.07) is 8.53. The van der Waals surface area contributed by atoms with Crippen molar-refractivity contribution in [2.24, 2.45) is 0 Å². The van der Waals surface area contributed by atoms with Gasteiger partial charge in [0.05, 0.1) is 12.1 Å². The Bertz CT molecular complexity index is 407. The topological polar surface area (TPSA) is 41.1 Å². The van der Waals surface area contributed by atoms with Crippen molar-refractivity contribution in [1.29, 1.82) is 0 Å². The lowest BCUT2D eigenvalue weighted by atomic mass is 10.0. The van der Waals surface area contributed by atoms with E-state index in [4.69, 9.17) is 0 Å². The molecule has 1 heterocycles. The van der Waals surface area contributed by atoms with E-state index in [2.05, 4.69) is 48.7 Å². The fraction of sp³-hybridized carbons (Fsp3) is 0.562. The van der Waals surface area contributed by atoms with Crippen molar-refractivity contribution in [3.8, 4) is 0 Å². The molecule has 19 heavy (non-hydrogen) atoms. The molecule has 0 aliphatic carbocycles. The molecule has 2 atom stereocenters. The number of amides is 1. The molecule has 0 saturated carbocycles. The Morgan fingerprint density at radius 3 is 2.68 bits per heavy atom. The zero-order chi connectivity index (χ0) is 13.7. The van der Waals surface area contributed by atoms with Gasteiger partial charge in [0.1, 0.15) is 0 Å². The summed E-state index contributed by atoms with van der Waals surface area (Å²) in [6.07, 6.45) is 4.20. The number of nitrogens with one attached hydrogen (secondary N) is 2. The van der Waals surface area contributed by atoms with E-state index in [1.807, 2.05) is 0 Å². The SMILES string of the molecule is CCC(NC(=O)C1CCCCN1)c1ccc(C)cc1. The maximum absolute atomic E-state index is 12.2. The van der Waals surface area contributed by atoms with Crippen molar-refractivity contribution in [2.45, 2.75) is 51.6 Å². The molecule has 1 amide bonds. The zero-order valence-corrected chi connectivity index (χ0v) is 11.9. The quantitative estimate of drug-likeness (QED) is 0.874. The molecule has 1 saturated heterocycles. The van der Waals surface area contributed by atoms with Crippen LogP contribution in [0.3, 0.4) is 0 Å². The van der Waals surface area contributed by atoms with Crippen molar-refractivity contribution >= 4 is 5.91 Å². The molecule has 3 nitrogen and oxygen atoms in total. The van der Waals surface area contributed by atoms with Gasteiger partial charge in [-0.15, -0.1) is 0 Å². The number of carbonyl (C=O) groups is 1. The average molecular weight is 260 g/mol. The highest BCUT2D eigenvalue weighted by Gasteiger charge is 2.22. The fourth-order valence-electron chi connectivity index (χ4n) is 2.57. The van der Waals surface area contributed by atoms with Gasteiger partial charge in [0.2, 0.25) is 5.91 Å². The molecule has 2 N–H and O–H groups in total. The average Bonchev–Trinajstić information content (AvgIpc) is 2.46. The van der Waals surface area contributed by atoms with Crippen LogP contribution in [0.4, 0.5) is 0 Å². The summed E-state index contributed by atoms with van der Waals surface area (Å²) in [5.41, 5.74) is 2.44. The molecule has 0 aromatic heterocycles. The Kier molecular flexibility index (Phi) is 4.97. The lowest BCUT2D eigenvalue weighted by molar-refractivity contribution is -0.124. The number of carbonyl (C=O) groups excluding carboxylic acids is 1.